The van der Waals surface area contributed by atoms with E-state index >= 15 is 0 Å². The highest BCUT2D eigenvalue weighted by Crippen LogP contribution is 2.41. The molecule has 0 aliphatic carbocycles. The fraction of sp³-hybridized carbons (Fsp3) is 0.176. The van der Waals surface area contributed by atoms with Gasteiger partial charge in [0.1, 0.15) is 17.9 Å². The molecule has 1 aromatic heterocycles. The standard InChI is InChI=1S/C17H14BrNO6/c1-23-17(22)13-12(8-2-4-9(18)5-3-8)15-14(25-16(13)19)11(21)6-10(7-20)24-15/h2-6,12,20H,7,19H2,1H3/t12-/m0/s1. The summed E-state index contributed by atoms with van der Waals surface area (Å²) in [6.07, 6.45) is 0. The van der Waals surface area contributed by atoms with E-state index < -0.39 is 23.9 Å². The van der Waals surface area contributed by atoms with E-state index in [4.69, 9.17) is 19.6 Å². The summed E-state index contributed by atoms with van der Waals surface area (Å²) in [5.41, 5.74) is 6.06. The first kappa shape index (κ1) is 17.2. The summed E-state index contributed by atoms with van der Waals surface area (Å²) in [6, 6.07) is 8.19. The van der Waals surface area contributed by atoms with Gasteiger partial charge in [-0.2, -0.15) is 0 Å². The fourth-order valence-electron chi connectivity index (χ4n) is 2.66. The average Bonchev–Trinajstić information content (AvgIpc) is 2.61. The van der Waals surface area contributed by atoms with Gasteiger partial charge in [0.25, 0.3) is 0 Å². The highest BCUT2D eigenvalue weighted by molar-refractivity contribution is 9.10. The number of halogens is 1. The van der Waals surface area contributed by atoms with Crippen LogP contribution in [0.1, 0.15) is 23.0 Å². The largest absolute Gasteiger partial charge is 0.465 e. The number of aliphatic hydroxyl groups is 1. The Hall–Kier alpha value is -2.58. The van der Waals surface area contributed by atoms with Crippen LogP contribution < -0.4 is 15.9 Å². The lowest BCUT2D eigenvalue weighted by Gasteiger charge is -2.26. The molecule has 0 unspecified atom stereocenters. The van der Waals surface area contributed by atoms with Gasteiger partial charge < -0.3 is 24.7 Å². The van der Waals surface area contributed by atoms with Crippen molar-refractivity contribution in [2.45, 2.75) is 12.5 Å². The van der Waals surface area contributed by atoms with E-state index in [2.05, 4.69) is 15.9 Å². The van der Waals surface area contributed by atoms with Crippen molar-refractivity contribution in [3.05, 3.63) is 73.6 Å². The summed E-state index contributed by atoms with van der Waals surface area (Å²) in [6.45, 7) is -0.470. The first-order valence-corrected chi connectivity index (χ1v) is 8.04. The average molecular weight is 408 g/mol. The van der Waals surface area contributed by atoms with Crippen LogP contribution in [0.5, 0.6) is 5.75 Å². The molecule has 0 spiro atoms. The molecular formula is C17H14BrNO6. The number of carbonyl (C=O) groups is 1. The molecule has 0 bridgehead atoms. The third kappa shape index (κ3) is 3.06. The second-order valence-electron chi connectivity index (χ2n) is 5.28. The van der Waals surface area contributed by atoms with Gasteiger partial charge in [0.05, 0.1) is 13.0 Å². The molecule has 1 aliphatic rings. The molecule has 1 aromatic carbocycles. The molecular weight excluding hydrogens is 394 g/mol. The van der Waals surface area contributed by atoms with Gasteiger partial charge in [-0.05, 0) is 17.7 Å². The van der Waals surface area contributed by atoms with Crippen LogP contribution in [0.15, 0.2) is 55.5 Å². The van der Waals surface area contributed by atoms with Crippen LogP contribution in [0.4, 0.5) is 0 Å². The number of esters is 1. The quantitative estimate of drug-likeness (QED) is 0.745. The Balaban J connectivity index is 2.29. The lowest BCUT2D eigenvalue weighted by atomic mass is 9.87. The zero-order valence-corrected chi connectivity index (χ0v) is 14.7. The fourth-order valence-corrected chi connectivity index (χ4v) is 2.92. The number of carbonyl (C=O) groups excluding carboxylic acids is 1. The van der Waals surface area contributed by atoms with E-state index in [1.807, 2.05) is 0 Å². The first-order chi connectivity index (χ1) is 12.0. The number of fused-ring (bicyclic) bond motifs is 1. The van der Waals surface area contributed by atoms with Crippen molar-refractivity contribution in [3.63, 3.8) is 0 Å². The third-order valence-electron chi connectivity index (χ3n) is 3.77. The predicted octanol–water partition coefficient (Wildman–Crippen LogP) is 1.76. The molecule has 0 saturated carbocycles. The van der Waals surface area contributed by atoms with Gasteiger partial charge in [-0.3, -0.25) is 4.79 Å². The molecule has 3 N–H and O–H groups in total. The zero-order chi connectivity index (χ0) is 18.1. The third-order valence-corrected chi connectivity index (χ3v) is 4.30. The molecule has 8 heteroatoms. The van der Waals surface area contributed by atoms with Gasteiger partial charge in [-0.25, -0.2) is 4.79 Å². The lowest BCUT2D eigenvalue weighted by molar-refractivity contribution is -0.136. The van der Waals surface area contributed by atoms with Gasteiger partial charge in [0, 0.05) is 10.5 Å². The smallest absolute Gasteiger partial charge is 0.340 e. The van der Waals surface area contributed by atoms with Crippen molar-refractivity contribution in [2.75, 3.05) is 7.11 Å². The van der Waals surface area contributed by atoms with Crippen molar-refractivity contribution < 1.29 is 23.8 Å². The molecule has 2 heterocycles. The Kier molecular flexibility index (Phi) is 4.65. The van der Waals surface area contributed by atoms with E-state index in [0.29, 0.717) is 5.56 Å². The molecule has 1 atom stereocenters. The van der Waals surface area contributed by atoms with E-state index in [-0.39, 0.29) is 28.7 Å². The first-order valence-electron chi connectivity index (χ1n) is 7.25. The second-order valence-corrected chi connectivity index (χ2v) is 6.20. The predicted molar refractivity (Wildman–Crippen MR) is 90.7 cm³/mol. The van der Waals surface area contributed by atoms with Crippen LogP contribution >= 0.6 is 15.9 Å². The minimum atomic E-state index is -0.802. The van der Waals surface area contributed by atoms with Crippen molar-refractivity contribution in [3.8, 4) is 5.75 Å². The van der Waals surface area contributed by atoms with Gasteiger partial charge in [0.15, 0.2) is 5.76 Å². The van der Waals surface area contributed by atoms with E-state index in [1.165, 1.54) is 7.11 Å². The molecule has 25 heavy (non-hydrogen) atoms. The lowest BCUT2D eigenvalue weighted by Crippen LogP contribution is -2.29. The Labute approximate surface area is 150 Å². The monoisotopic (exact) mass is 407 g/mol. The van der Waals surface area contributed by atoms with Crippen LogP contribution in [0, 0.1) is 0 Å². The van der Waals surface area contributed by atoms with E-state index in [0.717, 1.165) is 10.5 Å². The number of ether oxygens (including phenoxy) is 2. The summed E-state index contributed by atoms with van der Waals surface area (Å²) in [5.74, 6) is -1.70. The summed E-state index contributed by atoms with van der Waals surface area (Å²) >= 11 is 3.35. The molecule has 2 aromatic rings. The summed E-state index contributed by atoms with van der Waals surface area (Å²) in [5, 5.41) is 9.32. The van der Waals surface area contributed by atoms with Crippen LogP contribution in [-0.4, -0.2) is 18.2 Å². The Bertz CT molecular complexity index is 916. The molecule has 0 amide bonds. The van der Waals surface area contributed by atoms with Gasteiger partial charge >= 0.3 is 5.97 Å². The van der Waals surface area contributed by atoms with Crippen LogP contribution in [0.2, 0.25) is 0 Å². The SMILES string of the molecule is COC(=O)C1=C(N)Oc2c(oc(CO)cc2=O)[C@H]1c1ccc(Br)cc1. The molecule has 0 saturated heterocycles. The van der Waals surface area contributed by atoms with Gasteiger partial charge in [0.2, 0.25) is 17.1 Å². The van der Waals surface area contributed by atoms with E-state index in [1.54, 1.807) is 24.3 Å². The molecule has 1 aliphatic heterocycles. The summed E-state index contributed by atoms with van der Waals surface area (Å²) < 4.78 is 16.6. The van der Waals surface area contributed by atoms with Crippen molar-refractivity contribution >= 4 is 21.9 Å². The maximum atomic E-state index is 12.3. The van der Waals surface area contributed by atoms with Crippen molar-refractivity contribution in [1.29, 1.82) is 0 Å². The molecule has 0 fully saturated rings. The number of benzene rings is 1. The highest BCUT2D eigenvalue weighted by Gasteiger charge is 2.38. The normalized spacial score (nSPS) is 16.2. The topological polar surface area (TPSA) is 112 Å². The number of nitrogens with two attached hydrogens (primary N) is 1. The maximum Gasteiger partial charge on any atom is 0.340 e. The summed E-state index contributed by atoms with van der Waals surface area (Å²) in [4.78, 5) is 24.5. The zero-order valence-electron chi connectivity index (χ0n) is 13.1. The molecule has 7 nitrogen and oxygen atoms in total. The number of rotatable bonds is 3. The second kappa shape index (κ2) is 6.73. The maximum absolute atomic E-state index is 12.3. The van der Waals surface area contributed by atoms with Crippen LogP contribution in [0.25, 0.3) is 0 Å². The van der Waals surface area contributed by atoms with Crippen LogP contribution in [0.3, 0.4) is 0 Å². The molecule has 130 valence electrons. The molecule has 3 rings (SSSR count). The summed E-state index contributed by atoms with van der Waals surface area (Å²) in [7, 11) is 1.22. The molecule has 0 radical (unpaired) electrons. The van der Waals surface area contributed by atoms with E-state index in [9.17, 15) is 14.7 Å². The Morgan fingerprint density at radius 2 is 2.04 bits per heavy atom. The Morgan fingerprint density at radius 1 is 1.36 bits per heavy atom. The Morgan fingerprint density at radius 3 is 2.64 bits per heavy atom. The highest BCUT2D eigenvalue weighted by atomic mass is 79.9. The van der Waals surface area contributed by atoms with Gasteiger partial charge in [-0.15, -0.1) is 0 Å². The minimum absolute atomic E-state index is 0.0237. The number of hydrogen-bond donors (Lipinski definition) is 2. The number of methoxy groups -OCH3 is 1. The minimum Gasteiger partial charge on any atom is -0.465 e. The number of hydrogen-bond acceptors (Lipinski definition) is 7. The number of aliphatic hydroxyl groups excluding tert-OH is 1. The van der Waals surface area contributed by atoms with Crippen molar-refractivity contribution in [1.82, 2.24) is 0 Å². The van der Waals surface area contributed by atoms with Crippen LogP contribution in [-0.2, 0) is 16.1 Å². The van der Waals surface area contributed by atoms with Gasteiger partial charge in [-0.1, -0.05) is 28.1 Å². The van der Waals surface area contributed by atoms with Crippen molar-refractivity contribution in [2.24, 2.45) is 5.73 Å².